The molecule has 0 aromatic rings. The topological polar surface area (TPSA) is 70.9 Å². The van der Waals surface area contributed by atoms with E-state index in [0.29, 0.717) is 18.1 Å². The minimum atomic E-state index is -0.281. The fraction of sp³-hybridized carbons (Fsp3) is 0.900. The van der Waals surface area contributed by atoms with Crippen LogP contribution in [0.5, 0.6) is 0 Å². The van der Waals surface area contributed by atoms with Gasteiger partial charge in [0.15, 0.2) is 18.4 Å². The molecule has 0 aromatic heterocycles. The molecule has 90 valence electrons. The second-order valence-electron chi connectivity index (χ2n) is 4.24. The van der Waals surface area contributed by atoms with E-state index >= 15 is 0 Å². The van der Waals surface area contributed by atoms with Crippen LogP contribution >= 0.6 is 0 Å². The molecule has 6 nitrogen and oxygen atoms in total. The van der Waals surface area contributed by atoms with E-state index in [1.54, 1.807) is 0 Å². The number of hydrogen-bond acceptors (Lipinski definition) is 3. The molecule has 0 amide bonds. The first-order valence-corrected chi connectivity index (χ1v) is 5.82. The van der Waals surface area contributed by atoms with E-state index in [1.165, 1.54) is 0 Å². The summed E-state index contributed by atoms with van der Waals surface area (Å²) in [4.78, 5) is 0.434. The summed E-state index contributed by atoms with van der Waals surface area (Å²) in [6.45, 7) is 3.10. The molecular weight excluding hydrogens is 210 g/mol. The van der Waals surface area contributed by atoms with E-state index in [4.69, 9.17) is 9.94 Å². The smallest absolute Gasteiger partial charge is 0.271 e. The fourth-order valence-electron chi connectivity index (χ4n) is 2.50. The molecule has 16 heavy (non-hydrogen) atoms. The molecule has 2 aliphatic rings. The Bertz CT molecular complexity index is 306. The Morgan fingerprint density at radius 1 is 1.38 bits per heavy atom. The Morgan fingerprint density at radius 3 is 2.81 bits per heavy atom. The predicted molar refractivity (Wildman–Crippen MR) is 55.9 cm³/mol. The Labute approximate surface area is 94.4 Å². The molecule has 2 fully saturated rings. The average molecular weight is 228 g/mol. The quantitative estimate of drug-likeness (QED) is 0.409. The van der Waals surface area contributed by atoms with E-state index in [1.807, 2.05) is 0 Å². The number of hydrogen-bond donors (Lipinski definition) is 1. The number of rotatable bonds is 1. The largest absolute Gasteiger partial charge is 0.597 e. The highest BCUT2D eigenvalue weighted by Crippen LogP contribution is 2.19. The molecule has 1 N–H and O–H groups in total. The van der Waals surface area contributed by atoms with Crippen LogP contribution in [0.2, 0.25) is 0 Å². The van der Waals surface area contributed by atoms with Gasteiger partial charge in [0.2, 0.25) is 5.71 Å². The summed E-state index contributed by atoms with van der Waals surface area (Å²) in [5.41, 5.74) is 1.11. The van der Waals surface area contributed by atoms with Gasteiger partial charge in [0, 0.05) is 12.8 Å². The molecular formula is C10H18N3O3+. The lowest BCUT2D eigenvalue weighted by Gasteiger charge is -2.21. The van der Waals surface area contributed by atoms with Gasteiger partial charge in [-0.15, -0.1) is 0 Å². The molecule has 1 saturated carbocycles. The fourth-order valence-corrected chi connectivity index (χ4v) is 2.50. The predicted octanol–water partition coefficient (Wildman–Crippen LogP) is 0.764. The van der Waals surface area contributed by atoms with Gasteiger partial charge in [-0.3, -0.25) is 0 Å². The third kappa shape index (κ3) is 2.32. The van der Waals surface area contributed by atoms with Crippen molar-refractivity contribution in [1.29, 1.82) is 0 Å². The maximum absolute atomic E-state index is 11.4. The molecule has 1 heterocycles. The van der Waals surface area contributed by atoms with Crippen LogP contribution in [0.3, 0.4) is 0 Å². The highest BCUT2D eigenvalue weighted by atomic mass is 16.6. The lowest BCUT2D eigenvalue weighted by atomic mass is 9.93. The van der Waals surface area contributed by atoms with Crippen LogP contribution in [-0.2, 0) is 4.74 Å². The molecule has 0 bridgehead atoms. The van der Waals surface area contributed by atoms with Crippen LogP contribution in [0.25, 0.3) is 0 Å². The van der Waals surface area contributed by atoms with Gasteiger partial charge in [-0.05, 0) is 17.7 Å². The third-order valence-corrected chi connectivity index (χ3v) is 3.32. The zero-order valence-electron chi connectivity index (χ0n) is 9.34. The van der Waals surface area contributed by atoms with Crippen LogP contribution < -0.4 is 0 Å². The van der Waals surface area contributed by atoms with Gasteiger partial charge in [-0.2, -0.15) is 0 Å². The van der Waals surface area contributed by atoms with E-state index in [0.717, 1.165) is 44.5 Å². The van der Waals surface area contributed by atoms with Gasteiger partial charge in [-0.25, -0.2) is 4.58 Å². The monoisotopic (exact) mass is 228 g/mol. The van der Waals surface area contributed by atoms with Gasteiger partial charge in [0.25, 0.3) is 6.04 Å². The SMILES string of the molecule is [O-]/[N+](=N\O)C1CCCCC1=[N+]1CCOCC1. The second-order valence-corrected chi connectivity index (χ2v) is 4.24. The first-order valence-electron chi connectivity index (χ1n) is 5.82. The van der Waals surface area contributed by atoms with E-state index in [9.17, 15) is 5.21 Å². The van der Waals surface area contributed by atoms with Gasteiger partial charge in [0.1, 0.15) is 13.2 Å². The van der Waals surface area contributed by atoms with Gasteiger partial charge >= 0.3 is 0 Å². The second kappa shape index (κ2) is 5.25. The zero-order chi connectivity index (χ0) is 11.4. The minimum Gasteiger partial charge on any atom is -0.597 e. The standard InChI is InChI=1S/C10H17N3O3/c14-11-13(15)10-4-2-1-3-9(10)12-5-7-16-8-6-12/h10H,1-8H2/p+1/b13-11-. The van der Waals surface area contributed by atoms with Gasteiger partial charge < -0.3 is 15.2 Å². The third-order valence-electron chi connectivity index (χ3n) is 3.32. The average Bonchev–Trinajstić information content (AvgIpc) is 2.39. The van der Waals surface area contributed by atoms with Crippen LogP contribution in [-0.4, -0.2) is 52.7 Å². The lowest BCUT2D eigenvalue weighted by molar-refractivity contribution is -0.601. The Hall–Kier alpha value is -1.17. The summed E-state index contributed by atoms with van der Waals surface area (Å²) >= 11 is 0. The molecule has 1 atom stereocenters. The van der Waals surface area contributed by atoms with Crippen molar-refractivity contribution in [3.05, 3.63) is 5.21 Å². The van der Waals surface area contributed by atoms with E-state index in [2.05, 4.69) is 9.85 Å². The van der Waals surface area contributed by atoms with Crippen LogP contribution in [0.1, 0.15) is 25.7 Å². The molecule has 2 rings (SSSR count). The summed E-state index contributed by atoms with van der Waals surface area (Å²) in [5.74, 6) is 0. The van der Waals surface area contributed by atoms with E-state index < -0.39 is 0 Å². The van der Waals surface area contributed by atoms with Crippen molar-refractivity contribution in [2.75, 3.05) is 26.3 Å². The summed E-state index contributed by atoms with van der Waals surface area (Å²) < 4.78 is 7.50. The Kier molecular flexibility index (Phi) is 3.71. The summed E-state index contributed by atoms with van der Waals surface area (Å²) in [6.07, 6.45) is 3.84. The molecule has 0 radical (unpaired) electrons. The van der Waals surface area contributed by atoms with Crippen LogP contribution in [0.15, 0.2) is 5.28 Å². The first kappa shape index (κ1) is 11.3. The number of morpholine rings is 1. The minimum absolute atomic E-state index is 0.281. The Morgan fingerprint density at radius 2 is 2.12 bits per heavy atom. The lowest BCUT2D eigenvalue weighted by Crippen LogP contribution is -2.43. The molecule has 6 heteroatoms. The highest BCUT2D eigenvalue weighted by molar-refractivity contribution is 5.84. The summed E-state index contributed by atoms with van der Waals surface area (Å²) in [7, 11) is 0. The molecule has 1 saturated heterocycles. The summed E-state index contributed by atoms with van der Waals surface area (Å²) in [6, 6.07) is -0.281. The Balaban J connectivity index is 2.20. The van der Waals surface area contributed by atoms with Crippen molar-refractivity contribution in [3.8, 4) is 0 Å². The number of nitrogens with zero attached hydrogens (tertiary/aromatic N) is 3. The van der Waals surface area contributed by atoms with Gasteiger partial charge in [-0.1, -0.05) is 0 Å². The summed E-state index contributed by atoms with van der Waals surface area (Å²) in [5, 5.41) is 22.8. The van der Waals surface area contributed by atoms with Crippen molar-refractivity contribution in [1.82, 2.24) is 0 Å². The highest BCUT2D eigenvalue weighted by Gasteiger charge is 2.36. The molecule has 0 spiro atoms. The van der Waals surface area contributed by atoms with Crippen molar-refractivity contribution in [2.45, 2.75) is 31.7 Å². The normalized spacial score (nSPS) is 28.2. The van der Waals surface area contributed by atoms with Crippen LogP contribution in [0.4, 0.5) is 0 Å². The molecule has 1 aliphatic carbocycles. The van der Waals surface area contributed by atoms with Crippen LogP contribution in [0, 0.1) is 5.21 Å². The van der Waals surface area contributed by atoms with E-state index in [-0.39, 0.29) is 6.04 Å². The molecule has 1 aliphatic heterocycles. The van der Waals surface area contributed by atoms with Crippen molar-refractivity contribution >= 4 is 5.71 Å². The maximum Gasteiger partial charge on any atom is 0.271 e. The number of ether oxygens (including phenoxy) is 1. The first-order chi connectivity index (χ1) is 7.83. The number of hydroxylamine groups is 1. The molecule has 1 unspecified atom stereocenters. The maximum atomic E-state index is 11.4. The zero-order valence-corrected chi connectivity index (χ0v) is 9.34. The van der Waals surface area contributed by atoms with Gasteiger partial charge in [0.05, 0.1) is 0 Å². The molecule has 0 aromatic carbocycles. The van der Waals surface area contributed by atoms with Crippen molar-refractivity contribution < 1.29 is 19.4 Å². The van der Waals surface area contributed by atoms with Crippen molar-refractivity contribution in [3.63, 3.8) is 0 Å². The van der Waals surface area contributed by atoms with Crippen molar-refractivity contribution in [2.24, 2.45) is 5.28 Å².